The second-order valence-electron chi connectivity index (χ2n) is 8.05. The van der Waals surface area contributed by atoms with E-state index in [9.17, 15) is 16.8 Å². The molecule has 2 aromatic heterocycles. The van der Waals surface area contributed by atoms with Gasteiger partial charge in [0.25, 0.3) is 10.0 Å². The zero-order valence-corrected chi connectivity index (χ0v) is 22.5. The fourth-order valence-corrected chi connectivity index (χ4v) is 7.14. The van der Waals surface area contributed by atoms with Crippen molar-refractivity contribution < 1.29 is 16.8 Å². The quantitative estimate of drug-likeness (QED) is 0.446. The molecule has 0 unspecified atom stereocenters. The molecule has 0 radical (unpaired) electrons. The standard InChI is InChI=1S/C22H26ClN5O4S3/c1-26(34(2,29)30)20-16-17(27-14-5-11-24-13-15-27)7-8-19(20)28(23)35(31,32)22-10-9-21(33-22)18-6-3-4-12-25-18/h3-4,6-10,12,16,24H,5,11,13-15H2,1-2H3. The molecule has 0 atom stereocenters. The SMILES string of the molecule is CN(c1cc(N2CCCNCC2)ccc1N(Cl)S(=O)(=O)c1ccc(-c2ccccn2)s1)S(C)(=O)=O. The van der Waals surface area contributed by atoms with Crippen LogP contribution in [0.25, 0.3) is 10.6 Å². The summed E-state index contributed by atoms with van der Waals surface area (Å²) in [5, 5.41) is 3.33. The lowest BCUT2D eigenvalue weighted by Gasteiger charge is -2.28. The van der Waals surface area contributed by atoms with Gasteiger partial charge in [-0.3, -0.25) is 9.29 Å². The van der Waals surface area contributed by atoms with Crippen LogP contribution in [0.5, 0.6) is 0 Å². The molecule has 0 aliphatic carbocycles. The number of nitrogens with one attached hydrogen (secondary N) is 1. The van der Waals surface area contributed by atoms with Crippen LogP contribution in [0.2, 0.25) is 0 Å². The van der Waals surface area contributed by atoms with Crippen molar-refractivity contribution in [3.05, 3.63) is 54.7 Å². The summed E-state index contributed by atoms with van der Waals surface area (Å²) < 4.78 is 53.4. The smallest absolute Gasteiger partial charge is 0.287 e. The van der Waals surface area contributed by atoms with Crippen LogP contribution >= 0.6 is 23.1 Å². The number of benzene rings is 1. The van der Waals surface area contributed by atoms with Gasteiger partial charge in [0.15, 0.2) is 0 Å². The lowest BCUT2D eigenvalue weighted by atomic mass is 10.2. The highest BCUT2D eigenvalue weighted by Crippen LogP contribution is 2.40. The van der Waals surface area contributed by atoms with Crippen LogP contribution in [0.3, 0.4) is 0 Å². The van der Waals surface area contributed by atoms with E-state index in [1.807, 2.05) is 6.07 Å². The molecular formula is C22H26ClN5O4S3. The number of nitrogens with zero attached hydrogens (tertiary/aromatic N) is 4. The normalized spacial score (nSPS) is 15.0. The fraction of sp³-hybridized carbons (Fsp3) is 0.318. The molecule has 13 heteroatoms. The number of hydrogen-bond acceptors (Lipinski definition) is 8. The topological polar surface area (TPSA) is 103 Å². The van der Waals surface area contributed by atoms with Crippen LogP contribution in [0.1, 0.15) is 6.42 Å². The molecular weight excluding hydrogens is 530 g/mol. The van der Waals surface area contributed by atoms with E-state index in [-0.39, 0.29) is 15.6 Å². The molecule has 1 aliphatic heterocycles. The number of anilines is 3. The second kappa shape index (κ2) is 10.3. The van der Waals surface area contributed by atoms with Crippen molar-refractivity contribution in [1.29, 1.82) is 0 Å². The van der Waals surface area contributed by atoms with Crippen molar-refractivity contribution in [3.8, 4) is 10.6 Å². The van der Waals surface area contributed by atoms with E-state index in [2.05, 4.69) is 15.2 Å². The van der Waals surface area contributed by atoms with Gasteiger partial charge in [-0.05, 0) is 55.4 Å². The van der Waals surface area contributed by atoms with E-state index < -0.39 is 20.0 Å². The molecule has 188 valence electrons. The first-order valence-corrected chi connectivity index (χ1v) is 15.3. The predicted molar refractivity (Wildman–Crippen MR) is 142 cm³/mol. The van der Waals surface area contributed by atoms with Gasteiger partial charge in [0.1, 0.15) is 4.21 Å². The molecule has 35 heavy (non-hydrogen) atoms. The van der Waals surface area contributed by atoms with Gasteiger partial charge in [-0.25, -0.2) is 8.42 Å². The molecule has 9 nitrogen and oxygen atoms in total. The largest absolute Gasteiger partial charge is 0.370 e. The Hall–Kier alpha value is -2.38. The van der Waals surface area contributed by atoms with Crippen LogP contribution < -0.4 is 18.3 Å². The Balaban J connectivity index is 1.74. The Morgan fingerprint density at radius 1 is 1.03 bits per heavy atom. The molecule has 0 bridgehead atoms. The van der Waals surface area contributed by atoms with Crippen molar-refractivity contribution in [2.24, 2.45) is 0 Å². The Labute approximate surface area is 215 Å². The average Bonchev–Trinajstić information content (AvgIpc) is 3.20. The Kier molecular flexibility index (Phi) is 7.57. The van der Waals surface area contributed by atoms with Crippen molar-refractivity contribution in [2.75, 3.05) is 52.5 Å². The third-order valence-electron chi connectivity index (χ3n) is 5.65. The summed E-state index contributed by atoms with van der Waals surface area (Å²) in [5.74, 6) is 0. The number of halogens is 1. The minimum Gasteiger partial charge on any atom is -0.370 e. The van der Waals surface area contributed by atoms with Gasteiger partial charge in [0.05, 0.1) is 28.2 Å². The Morgan fingerprint density at radius 3 is 2.54 bits per heavy atom. The number of thiophene rings is 1. The number of hydrogen-bond donors (Lipinski definition) is 1. The van der Waals surface area contributed by atoms with E-state index in [1.54, 1.807) is 42.6 Å². The third-order valence-corrected chi connectivity index (χ3v) is 10.6. The fourth-order valence-electron chi connectivity index (χ4n) is 3.71. The van der Waals surface area contributed by atoms with E-state index in [0.717, 1.165) is 60.2 Å². The average molecular weight is 556 g/mol. The highest BCUT2D eigenvalue weighted by atomic mass is 35.5. The number of pyridine rings is 1. The summed E-state index contributed by atoms with van der Waals surface area (Å²) in [6.45, 7) is 3.24. The van der Waals surface area contributed by atoms with Crippen LogP contribution in [-0.2, 0) is 20.0 Å². The number of rotatable bonds is 7. The van der Waals surface area contributed by atoms with Crippen LogP contribution in [0.15, 0.2) is 58.9 Å². The van der Waals surface area contributed by atoms with E-state index >= 15 is 0 Å². The second-order valence-corrected chi connectivity index (χ2v) is 13.7. The Morgan fingerprint density at radius 2 is 1.83 bits per heavy atom. The summed E-state index contributed by atoms with van der Waals surface area (Å²) >= 11 is 7.48. The number of sulfonamides is 2. The Bertz CT molecular complexity index is 1390. The lowest BCUT2D eigenvalue weighted by molar-refractivity contribution is 0.597. The maximum atomic E-state index is 13.4. The van der Waals surface area contributed by atoms with Gasteiger partial charge in [-0.2, -0.15) is 12.2 Å². The zero-order valence-electron chi connectivity index (χ0n) is 19.3. The van der Waals surface area contributed by atoms with Crippen molar-refractivity contribution in [1.82, 2.24) is 10.3 Å². The van der Waals surface area contributed by atoms with E-state index in [0.29, 0.717) is 14.4 Å². The lowest BCUT2D eigenvalue weighted by Crippen LogP contribution is -2.30. The molecule has 3 aromatic rings. The highest BCUT2D eigenvalue weighted by Gasteiger charge is 2.30. The maximum Gasteiger partial charge on any atom is 0.287 e. The van der Waals surface area contributed by atoms with Crippen molar-refractivity contribution in [3.63, 3.8) is 0 Å². The molecule has 0 spiro atoms. The minimum atomic E-state index is -4.18. The monoisotopic (exact) mass is 555 g/mol. The summed E-state index contributed by atoms with van der Waals surface area (Å²) in [7, 11) is -6.49. The summed E-state index contributed by atoms with van der Waals surface area (Å²) in [6.07, 6.45) is 3.63. The number of aromatic nitrogens is 1. The van der Waals surface area contributed by atoms with Gasteiger partial charge >= 0.3 is 0 Å². The molecule has 0 saturated carbocycles. The summed E-state index contributed by atoms with van der Waals surface area (Å²) in [4.78, 5) is 7.07. The summed E-state index contributed by atoms with van der Waals surface area (Å²) in [5.41, 5.74) is 1.65. The molecule has 1 aromatic carbocycles. The van der Waals surface area contributed by atoms with Gasteiger partial charge in [-0.1, -0.05) is 6.07 Å². The van der Waals surface area contributed by atoms with Crippen molar-refractivity contribution >= 4 is 60.2 Å². The molecule has 1 saturated heterocycles. The van der Waals surface area contributed by atoms with Gasteiger partial charge in [-0.15, -0.1) is 11.3 Å². The first kappa shape index (κ1) is 25.7. The van der Waals surface area contributed by atoms with Gasteiger partial charge in [0, 0.05) is 50.3 Å². The first-order valence-electron chi connectivity index (χ1n) is 10.8. The van der Waals surface area contributed by atoms with Gasteiger partial charge in [0.2, 0.25) is 10.0 Å². The highest BCUT2D eigenvalue weighted by molar-refractivity contribution is 7.96. The summed E-state index contributed by atoms with van der Waals surface area (Å²) in [6, 6.07) is 13.5. The predicted octanol–water partition coefficient (Wildman–Crippen LogP) is 3.35. The van der Waals surface area contributed by atoms with Crippen LogP contribution in [-0.4, -0.2) is 61.3 Å². The van der Waals surface area contributed by atoms with E-state index in [1.165, 1.54) is 13.1 Å². The molecule has 0 amide bonds. The molecule has 4 rings (SSSR count). The maximum absolute atomic E-state index is 13.4. The minimum absolute atomic E-state index is 0.0174. The van der Waals surface area contributed by atoms with E-state index in [4.69, 9.17) is 11.8 Å². The third kappa shape index (κ3) is 5.56. The first-order chi connectivity index (χ1) is 16.6. The van der Waals surface area contributed by atoms with Gasteiger partial charge < -0.3 is 10.2 Å². The molecule has 1 aliphatic rings. The van der Waals surface area contributed by atoms with Crippen LogP contribution in [0, 0.1) is 0 Å². The molecule has 3 heterocycles. The van der Waals surface area contributed by atoms with Crippen LogP contribution in [0.4, 0.5) is 17.1 Å². The van der Waals surface area contributed by atoms with Crippen molar-refractivity contribution in [2.45, 2.75) is 10.6 Å². The molecule has 1 fully saturated rings. The zero-order chi connectivity index (χ0) is 25.2. The molecule has 1 N–H and O–H groups in total.